The van der Waals surface area contributed by atoms with E-state index in [0.29, 0.717) is 12.0 Å². The standard InChI is InChI=1S/C25H18O/c1-18-12-14-22-21(16-18)17-24(25(26)20-10-6-3-7-11-20)23(22)15-13-19-8-4-2-5-9-19/h2-12,14,16H,17H2,1H3. The van der Waals surface area contributed by atoms with E-state index in [-0.39, 0.29) is 5.78 Å². The Kier molecular flexibility index (Phi) is 4.25. The SMILES string of the molecule is Cc1ccc2c(c1)CC(C(=O)c1ccccc1)=C2C#Cc1ccccc1. The molecule has 4 rings (SSSR count). The van der Waals surface area contributed by atoms with Gasteiger partial charge >= 0.3 is 0 Å². The molecule has 1 nitrogen and oxygen atoms in total. The van der Waals surface area contributed by atoms with E-state index in [2.05, 4.69) is 37.0 Å². The van der Waals surface area contributed by atoms with Crippen LogP contribution in [0.2, 0.25) is 0 Å². The maximum atomic E-state index is 13.1. The van der Waals surface area contributed by atoms with Crippen LogP contribution < -0.4 is 0 Å². The van der Waals surface area contributed by atoms with Gasteiger partial charge < -0.3 is 0 Å². The van der Waals surface area contributed by atoms with Crippen molar-refractivity contribution < 1.29 is 4.79 Å². The fourth-order valence-corrected chi connectivity index (χ4v) is 3.31. The summed E-state index contributed by atoms with van der Waals surface area (Å²) in [4.78, 5) is 13.1. The minimum Gasteiger partial charge on any atom is -0.289 e. The van der Waals surface area contributed by atoms with Gasteiger partial charge in [0, 0.05) is 28.7 Å². The van der Waals surface area contributed by atoms with Crippen LogP contribution in [0.25, 0.3) is 5.57 Å². The van der Waals surface area contributed by atoms with E-state index in [4.69, 9.17) is 0 Å². The first-order chi connectivity index (χ1) is 12.7. The van der Waals surface area contributed by atoms with E-state index in [1.54, 1.807) is 0 Å². The van der Waals surface area contributed by atoms with Gasteiger partial charge in [0.05, 0.1) is 0 Å². The molecule has 0 radical (unpaired) electrons. The summed E-state index contributed by atoms with van der Waals surface area (Å²) >= 11 is 0. The second-order valence-corrected chi connectivity index (χ2v) is 6.50. The van der Waals surface area contributed by atoms with Gasteiger partial charge in [-0.15, -0.1) is 0 Å². The number of fused-ring (bicyclic) bond motifs is 1. The highest BCUT2D eigenvalue weighted by Gasteiger charge is 2.26. The van der Waals surface area contributed by atoms with Crippen LogP contribution in [0.4, 0.5) is 0 Å². The van der Waals surface area contributed by atoms with E-state index in [1.165, 1.54) is 11.1 Å². The zero-order chi connectivity index (χ0) is 17.9. The van der Waals surface area contributed by atoms with Crippen molar-refractivity contribution in [3.8, 4) is 11.8 Å². The largest absolute Gasteiger partial charge is 0.289 e. The molecule has 0 saturated carbocycles. The Morgan fingerprint density at radius 1 is 0.846 bits per heavy atom. The summed E-state index contributed by atoms with van der Waals surface area (Å²) in [6.07, 6.45) is 0.642. The van der Waals surface area contributed by atoms with Crippen LogP contribution in [0.15, 0.2) is 84.4 Å². The Morgan fingerprint density at radius 3 is 2.27 bits per heavy atom. The Labute approximate surface area is 154 Å². The first-order valence-corrected chi connectivity index (χ1v) is 8.72. The monoisotopic (exact) mass is 334 g/mol. The van der Waals surface area contributed by atoms with Gasteiger partial charge in [0.15, 0.2) is 5.78 Å². The first-order valence-electron chi connectivity index (χ1n) is 8.72. The molecule has 1 aliphatic rings. The lowest BCUT2D eigenvalue weighted by atomic mass is 9.99. The fraction of sp³-hybridized carbons (Fsp3) is 0.0800. The average molecular weight is 334 g/mol. The van der Waals surface area contributed by atoms with Crippen molar-refractivity contribution in [1.29, 1.82) is 0 Å². The van der Waals surface area contributed by atoms with Crippen molar-refractivity contribution in [2.45, 2.75) is 13.3 Å². The molecule has 1 aliphatic carbocycles. The number of ketones is 1. The van der Waals surface area contributed by atoms with Crippen LogP contribution >= 0.6 is 0 Å². The molecule has 0 spiro atoms. The predicted octanol–water partition coefficient (Wildman–Crippen LogP) is 5.24. The highest BCUT2D eigenvalue weighted by molar-refractivity contribution is 6.16. The van der Waals surface area contributed by atoms with Crippen molar-refractivity contribution in [2.24, 2.45) is 0 Å². The third kappa shape index (κ3) is 3.10. The lowest BCUT2D eigenvalue weighted by Gasteiger charge is -2.03. The number of hydrogen-bond acceptors (Lipinski definition) is 1. The smallest absolute Gasteiger partial charge is 0.190 e. The van der Waals surface area contributed by atoms with Crippen LogP contribution in [0.3, 0.4) is 0 Å². The summed E-state index contributed by atoms with van der Waals surface area (Å²) < 4.78 is 0. The zero-order valence-electron chi connectivity index (χ0n) is 14.6. The van der Waals surface area contributed by atoms with Crippen molar-refractivity contribution in [3.63, 3.8) is 0 Å². The average Bonchev–Trinajstić information content (AvgIpc) is 3.04. The zero-order valence-corrected chi connectivity index (χ0v) is 14.6. The second-order valence-electron chi connectivity index (χ2n) is 6.50. The Morgan fingerprint density at radius 2 is 1.54 bits per heavy atom. The number of allylic oxidation sites excluding steroid dienone is 2. The van der Waals surface area contributed by atoms with E-state index in [1.807, 2.05) is 60.7 Å². The molecule has 1 heteroatoms. The number of rotatable bonds is 2. The number of benzene rings is 3. The molecule has 0 heterocycles. The van der Waals surface area contributed by atoms with Crippen molar-refractivity contribution in [2.75, 3.05) is 0 Å². The molecule has 0 aromatic heterocycles. The molecule has 26 heavy (non-hydrogen) atoms. The van der Waals surface area contributed by atoms with Gasteiger partial charge in [-0.3, -0.25) is 4.79 Å². The third-order valence-corrected chi connectivity index (χ3v) is 4.61. The Bertz CT molecular complexity index is 1060. The number of hydrogen-bond donors (Lipinski definition) is 0. The van der Waals surface area contributed by atoms with Crippen LogP contribution in [0, 0.1) is 18.8 Å². The van der Waals surface area contributed by atoms with Crippen molar-refractivity contribution in [3.05, 3.63) is 112 Å². The third-order valence-electron chi connectivity index (χ3n) is 4.61. The topological polar surface area (TPSA) is 17.1 Å². The quantitative estimate of drug-likeness (QED) is 0.463. The second kappa shape index (κ2) is 6.86. The molecule has 0 atom stereocenters. The summed E-state index contributed by atoms with van der Waals surface area (Å²) in [7, 11) is 0. The Hall–Kier alpha value is -3.37. The molecule has 0 aliphatic heterocycles. The van der Waals surface area contributed by atoms with Crippen LogP contribution in [0.5, 0.6) is 0 Å². The van der Waals surface area contributed by atoms with Crippen LogP contribution in [-0.4, -0.2) is 5.78 Å². The molecular weight excluding hydrogens is 316 g/mol. The predicted molar refractivity (Wildman–Crippen MR) is 106 cm³/mol. The van der Waals surface area contributed by atoms with Gasteiger partial charge in [-0.1, -0.05) is 84.1 Å². The molecule has 0 fully saturated rings. The lowest BCUT2D eigenvalue weighted by molar-refractivity contribution is 0.103. The minimum absolute atomic E-state index is 0.0665. The number of carbonyl (C=O) groups excluding carboxylic acids is 1. The molecule has 3 aromatic carbocycles. The maximum absolute atomic E-state index is 13.1. The van der Waals surface area contributed by atoms with Gasteiger partial charge in [0.25, 0.3) is 0 Å². The lowest BCUT2D eigenvalue weighted by Crippen LogP contribution is -2.04. The molecule has 0 bridgehead atoms. The summed E-state index contributed by atoms with van der Waals surface area (Å²) in [5, 5.41) is 0. The van der Waals surface area contributed by atoms with E-state index in [9.17, 15) is 4.79 Å². The van der Waals surface area contributed by atoms with Crippen LogP contribution in [0.1, 0.15) is 32.6 Å². The molecule has 0 unspecified atom stereocenters. The van der Waals surface area contributed by atoms with Crippen molar-refractivity contribution >= 4 is 11.4 Å². The molecule has 3 aromatic rings. The van der Waals surface area contributed by atoms with Gasteiger partial charge in [-0.05, 0) is 30.2 Å². The summed E-state index contributed by atoms with van der Waals surface area (Å²) in [6.45, 7) is 2.08. The maximum Gasteiger partial charge on any atom is 0.190 e. The molecular formula is C25H18O. The number of aryl methyl sites for hydroxylation is 1. The minimum atomic E-state index is 0.0665. The molecule has 124 valence electrons. The van der Waals surface area contributed by atoms with Crippen molar-refractivity contribution in [1.82, 2.24) is 0 Å². The Balaban J connectivity index is 1.82. The van der Waals surface area contributed by atoms with Gasteiger partial charge in [-0.25, -0.2) is 0 Å². The van der Waals surface area contributed by atoms with E-state index < -0.39 is 0 Å². The molecule has 0 saturated heterocycles. The fourth-order valence-electron chi connectivity index (χ4n) is 3.31. The molecule has 0 amide bonds. The first kappa shape index (κ1) is 16.1. The van der Waals surface area contributed by atoms with Crippen LogP contribution in [-0.2, 0) is 6.42 Å². The van der Waals surface area contributed by atoms with Gasteiger partial charge in [0.1, 0.15) is 0 Å². The highest BCUT2D eigenvalue weighted by Crippen LogP contribution is 2.34. The summed E-state index contributed by atoms with van der Waals surface area (Å²) in [5.41, 5.74) is 6.78. The highest BCUT2D eigenvalue weighted by atomic mass is 16.1. The van der Waals surface area contributed by atoms with E-state index in [0.717, 1.165) is 22.3 Å². The number of carbonyl (C=O) groups is 1. The summed E-state index contributed by atoms with van der Waals surface area (Å²) in [6, 6.07) is 25.7. The summed E-state index contributed by atoms with van der Waals surface area (Å²) in [5.74, 6) is 6.57. The van der Waals surface area contributed by atoms with E-state index >= 15 is 0 Å². The van der Waals surface area contributed by atoms with Gasteiger partial charge in [-0.2, -0.15) is 0 Å². The van der Waals surface area contributed by atoms with Gasteiger partial charge in [0.2, 0.25) is 0 Å². The molecule has 0 N–H and O–H groups in total. The number of Topliss-reactive ketones (excluding diaryl/α,β-unsaturated/α-hetero) is 1. The normalized spacial score (nSPS) is 12.3.